The quantitative estimate of drug-likeness (QED) is 0.808. The maximum atomic E-state index is 5.66. The van der Waals surface area contributed by atoms with Crippen LogP contribution in [0.2, 0.25) is 0 Å². The zero-order valence-corrected chi connectivity index (χ0v) is 13.1. The van der Waals surface area contributed by atoms with Crippen LogP contribution >= 0.6 is 0 Å². The van der Waals surface area contributed by atoms with Crippen LogP contribution in [0.25, 0.3) is 0 Å². The van der Waals surface area contributed by atoms with Crippen LogP contribution in [0, 0.1) is 0 Å². The van der Waals surface area contributed by atoms with Crippen LogP contribution in [-0.4, -0.2) is 35.3 Å². The Morgan fingerprint density at radius 2 is 2.19 bits per heavy atom. The van der Waals surface area contributed by atoms with Gasteiger partial charge < -0.3 is 15.4 Å². The lowest BCUT2D eigenvalue weighted by Gasteiger charge is -2.15. The summed E-state index contributed by atoms with van der Waals surface area (Å²) >= 11 is 0. The molecule has 0 amide bonds. The molecule has 0 spiro atoms. The van der Waals surface area contributed by atoms with Gasteiger partial charge in [-0.1, -0.05) is 6.92 Å². The summed E-state index contributed by atoms with van der Waals surface area (Å²) in [5, 5.41) is 6.81. The lowest BCUT2D eigenvalue weighted by molar-refractivity contribution is 0.120. The van der Waals surface area contributed by atoms with E-state index in [2.05, 4.69) is 40.5 Å². The zero-order chi connectivity index (χ0) is 14.7. The molecule has 116 valence electrons. The highest BCUT2D eigenvalue weighted by Crippen LogP contribution is 2.39. The molecule has 1 aromatic rings. The molecular weight excluding hydrogens is 264 g/mol. The zero-order valence-electron chi connectivity index (χ0n) is 13.1. The number of hydrogen-bond acceptors (Lipinski definition) is 5. The van der Waals surface area contributed by atoms with E-state index >= 15 is 0 Å². The summed E-state index contributed by atoms with van der Waals surface area (Å²) in [6, 6.07) is 2.50. The van der Waals surface area contributed by atoms with E-state index < -0.39 is 0 Å². The Bertz CT molecular complexity index is 469. The second-order valence-electron chi connectivity index (χ2n) is 6.25. The number of nitrogens with zero attached hydrogens (tertiary/aromatic N) is 2. The number of ether oxygens (including phenoxy) is 1. The van der Waals surface area contributed by atoms with Gasteiger partial charge in [-0.3, -0.25) is 0 Å². The standard InChI is InChI=1S/C16H26N4O/c1-3-11(2)18-16-19-14(12-6-7-12)9-15(20-16)17-10-13-5-4-8-21-13/h9,11-13H,3-8,10H2,1-2H3,(H2,17,18,19,20)/t11-,13-/m1/s1. The largest absolute Gasteiger partial charge is 0.376 e. The summed E-state index contributed by atoms with van der Waals surface area (Å²) in [7, 11) is 0. The highest BCUT2D eigenvalue weighted by molar-refractivity contribution is 5.44. The maximum Gasteiger partial charge on any atom is 0.225 e. The molecule has 0 bridgehead atoms. The summed E-state index contributed by atoms with van der Waals surface area (Å²) < 4.78 is 5.66. The van der Waals surface area contributed by atoms with Gasteiger partial charge >= 0.3 is 0 Å². The van der Waals surface area contributed by atoms with Gasteiger partial charge in [0.15, 0.2) is 0 Å². The van der Waals surface area contributed by atoms with Crippen LogP contribution in [-0.2, 0) is 4.74 Å². The molecule has 2 aliphatic rings. The maximum absolute atomic E-state index is 5.66. The predicted molar refractivity (Wildman–Crippen MR) is 84.8 cm³/mol. The molecule has 1 aliphatic heterocycles. The van der Waals surface area contributed by atoms with Crippen LogP contribution < -0.4 is 10.6 Å². The molecule has 2 atom stereocenters. The molecule has 3 rings (SSSR count). The average molecular weight is 290 g/mol. The van der Waals surface area contributed by atoms with E-state index in [-0.39, 0.29) is 0 Å². The van der Waals surface area contributed by atoms with E-state index in [1.165, 1.54) is 25.0 Å². The molecule has 1 saturated heterocycles. The number of rotatable bonds is 7. The monoisotopic (exact) mass is 290 g/mol. The van der Waals surface area contributed by atoms with E-state index in [1.807, 2.05) is 0 Å². The van der Waals surface area contributed by atoms with E-state index in [4.69, 9.17) is 4.74 Å². The van der Waals surface area contributed by atoms with Crippen molar-refractivity contribution in [1.82, 2.24) is 9.97 Å². The summed E-state index contributed by atoms with van der Waals surface area (Å²) in [5.41, 5.74) is 1.17. The molecule has 0 aromatic carbocycles. The van der Waals surface area contributed by atoms with Gasteiger partial charge in [0.1, 0.15) is 5.82 Å². The van der Waals surface area contributed by atoms with Crippen LogP contribution in [0.3, 0.4) is 0 Å². The minimum Gasteiger partial charge on any atom is -0.376 e. The lowest BCUT2D eigenvalue weighted by atomic mass is 10.2. The summed E-state index contributed by atoms with van der Waals surface area (Å²) in [5.74, 6) is 2.31. The third kappa shape index (κ3) is 4.06. The third-order valence-corrected chi connectivity index (χ3v) is 4.26. The Kier molecular flexibility index (Phi) is 4.58. The molecule has 1 aromatic heterocycles. The molecule has 0 radical (unpaired) electrons. The second kappa shape index (κ2) is 6.60. The number of hydrogen-bond donors (Lipinski definition) is 2. The number of aromatic nitrogens is 2. The van der Waals surface area contributed by atoms with Gasteiger partial charge in [-0.2, -0.15) is 4.98 Å². The minimum atomic E-state index is 0.329. The van der Waals surface area contributed by atoms with Crippen molar-refractivity contribution in [1.29, 1.82) is 0 Å². The van der Waals surface area contributed by atoms with Crippen LogP contribution in [0.15, 0.2) is 6.07 Å². The summed E-state index contributed by atoms with van der Waals surface area (Å²) in [4.78, 5) is 9.27. The second-order valence-corrected chi connectivity index (χ2v) is 6.25. The van der Waals surface area contributed by atoms with Gasteiger partial charge in [-0.05, 0) is 39.0 Å². The van der Waals surface area contributed by atoms with Gasteiger partial charge in [-0.15, -0.1) is 0 Å². The first-order valence-corrected chi connectivity index (χ1v) is 8.25. The Balaban J connectivity index is 1.68. The summed E-state index contributed by atoms with van der Waals surface area (Å²) in [6.07, 6.45) is 6.22. The van der Waals surface area contributed by atoms with E-state index in [9.17, 15) is 0 Å². The molecule has 2 N–H and O–H groups in total. The van der Waals surface area contributed by atoms with Crippen LogP contribution in [0.1, 0.15) is 57.6 Å². The fourth-order valence-electron chi connectivity index (χ4n) is 2.56. The number of nitrogens with one attached hydrogen (secondary N) is 2. The highest BCUT2D eigenvalue weighted by atomic mass is 16.5. The van der Waals surface area contributed by atoms with Crippen molar-refractivity contribution >= 4 is 11.8 Å². The fourth-order valence-corrected chi connectivity index (χ4v) is 2.56. The Hall–Kier alpha value is -1.36. The van der Waals surface area contributed by atoms with Gasteiger partial charge in [0.25, 0.3) is 0 Å². The number of anilines is 2. The molecule has 5 heteroatoms. The molecule has 5 nitrogen and oxygen atoms in total. The van der Waals surface area contributed by atoms with Gasteiger partial charge in [0.05, 0.1) is 11.8 Å². The first kappa shape index (κ1) is 14.6. The topological polar surface area (TPSA) is 59.1 Å². The molecular formula is C16H26N4O. The molecule has 21 heavy (non-hydrogen) atoms. The van der Waals surface area contributed by atoms with Gasteiger partial charge in [-0.25, -0.2) is 4.98 Å². The normalized spacial score (nSPS) is 23.0. The Morgan fingerprint density at radius 1 is 1.33 bits per heavy atom. The van der Waals surface area contributed by atoms with Crippen molar-refractivity contribution in [3.63, 3.8) is 0 Å². The molecule has 1 saturated carbocycles. The highest BCUT2D eigenvalue weighted by Gasteiger charge is 2.26. The van der Waals surface area contributed by atoms with Crippen molar-refractivity contribution < 1.29 is 4.74 Å². The summed E-state index contributed by atoms with van der Waals surface area (Å²) in [6.45, 7) is 6.06. The van der Waals surface area contributed by atoms with Crippen molar-refractivity contribution in [2.45, 2.75) is 64.0 Å². The van der Waals surface area contributed by atoms with Crippen LogP contribution in [0.4, 0.5) is 11.8 Å². The van der Waals surface area contributed by atoms with Crippen molar-refractivity contribution in [2.24, 2.45) is 0 Å². The predicted octanol–water partition coefficient (Wildman–Crippen LogP) is 3.16. The van der Waals surface area contributed by atoms with Crippen molar-refractivity contribution in [3.8, 4) is 0 Å². The first-order chi connectivity index (χ1) is 10.2. The Morgan fingerprint density at radius 3 is 2.86 bits per heavy atom. The van der Waals surface area contributed by atoms with Crippen LogP contribution in [0.5, 0.6) is 0 Å². The average Bonchev–Trinajstić information content (AvgIpc) is 3.21. The molecule has 2 heterocycles. The molecule has 2 fully saturated rings. The Labute approximate surface area is 126 Å². The minimum absolute atomic E-state index is 0.329. The van der Waals surface area contributed by atoms with E-state index in [0.717, 1.165) is 37.8 Å². The SMILES string of the molecule is CC[C@@H](C)Nc1nc(NC[C@H]2CCCO2)cc(C2CC2)n1. The smallest absolute Gasteiger partial charge is 0.225 e. The van der Waals surface area contributed by atoms with Crippen molar-refractivity contribution in [3.05, 3.63) is 11.8 Å². The first-order valence-electron chi connectivity index (χ1n) is 8.25. The van der Waals surface area contributed by atoms with Crippen molar-refractivity contribution in [2.75, 3.05) is 23.8 Å². The van der Waals surface area contributed by atoms with E-state index in [1.54, 1.807) is 0 Å². The lowest BCUT2D eigenvalue weighted by Crippen LogP contribution is -2.20. The van der Waals surface area contributed by atoms with Gasteiger partial charge in [0.2, 0.25) is 5.95 Å². The fraction of sp³-hybridized carbons (Fsp3) is 0.750. The van der Waals surface area contributed by atoms with E-state index in [0.29, 0.717) is 18.1 Å². The molecule has 0 unspecified atom stereocenters. The third-order valence-electron chi connectivity index (χ3n) is 4.26. The van der Waals surface area contributed by atoms with Gasteiger partial charge in [0, 0.05) is 31.2 Å². The molecule has 1 aliphatic carbocycles.